The van der Waals surface area contributed by atoms with E-state index in [2.05, 4.69) is 4.72 Å². The zero-order chi connectivity index (χ0) is 14.5. The van der Waals surface area contributed by atoms with E-state index in [4.69, 9.17) is 18.0 Å². The van der Waals surface area contributed by atoms with E-state index in [1.807, 2.05) is 13.2 Å². The SMILES string of the molecule is CSCC(C)CNS(=O)(=O)c1ccc(C(N)=S)cc1. The Balaban J connectivity index is 2.74. The summed E-state index contributed by atoms with van der Waals surface area (Å²) in [5.74, 6) is 1.21. The van der Waals surface area contributed by atoms with E-state index in [1.165, 1.54) is 12.1 Å². The van der Waals surface area contributed by atoms with Crippen molar-refractivity contribution in [1.29, 1.82) is 0 Å². The summed E-state index contributed by atoms with van der Waals surface area (Å²) in [5.41, 5.74) is 6.13. The summed E-state index contributed by atoms with van der Waals surface area (Å²) in [6.45, 7) is 2.44. The first-order valence-electron chi connectivity index (χ1n) is 5.75. The Morgan fingerprint density at radius 1 is 1.42 bits per heavy atom. The molecule has 106 valence electrons. The maximum Gasteiger partial charge on any atom is 0.240 e. The van der Waals surface area contributed by atoms with E-state index in [-0.39, 0.29) is 9.88 Å². The highest BCUT2D eigenvalue weighted by Gasteiger charge is 2.15. The van der Waals surface area contributed by atoms with Crippen molar-refractivity contribution in [2.45, 2.75) is 11.8 Å². The lowest BCUT2D eigenvalue weighted by Crippen LogP contribution is -2.29. The van der Waals surface area contributed by atoms with E-state index in [1.54, 1.807) is 23.9 Å². The number of rotatable bonds is 7. The fourth-order valence-corrected chi connectivity index (χ4v) is 3.47. The van der Waals surface area contributed by atoms with Gasteiger partial charge in [0.25, 0.3) is 0 Å². The van der Waals surface area contributed by atoms with Crippen LogP contribution in [0.2, 0.25) is 0 Å². The number of thiocarbonyl (C=S) groups is 1. The third-order valence-corrected chi connectivity index (χ3v) is 5.10. The second kappa shape index (κ2) is 7.23. The lowest BCUT2D eigenvalue weighted by Gasteiger charge is -2.12. The van der Waals surface area contributed by atoms with Crippen LogP contribution in [0.4, 0.5) is 0 Å². The van der Waals surface area contributed by atoms with Crippen LogP contribution in [0.3, 0.4) is 0 Å². The lowest BCUT2D eigenvalue weighted by atomic mass is 10.2. The molecule has 0 aliphatic rings. The highest BCUT2D eigenvalue weighted by atomic mass is 32.2. The van der Waals surface area contributed by atoms with E-state index in [0.29, 0.717) is 18.0 Å². The van der Waals surface area contributed by atoms with E-state index in [9.17, 15) is 8.42 Å². The lowest BCUT2D eigenvalue weighted by molar-refractivity contribution is 0.562. The standard InChI is InChI=1S/C12H18N2O2S3/c1-9(8-18-2)7-14-19(15,16)11-5-3-10(4-6-11)12(13)17/h3-6,9,14H,7-8H2,1-2H3,(H2,13,17). The molecular weight excluding hydrogens is 300 g/mol. The monoisotopic (exact) mass is 318 g/mol. The number of nitrogens with one attached hydrogen (secondary N) is 1. The van der Waals surface area contributed by atoms with Gasteiger partial charge in [0, 0.05) is 12.1 Å². The summed E-state index contributed by atoms with van der Waals surface area (Å²) in [4.78, 5) is 0.481. The van der Waals surface area contributed by atoms with Gasteiger partial charge in [-0.2, -0.15) is 11.8 Å². The summed E-state index contributed by atoms with van der Waals surface area (Å²) < 4.78 is 26.7. The third kappa shape index (κ3) is 5.10. The zero-order valence-electron chi connectivity index (χ0n) is 10.9. The van der Waals surface area contributed by atoms with Gasteiger partial charge in [-0.15, -0.1) is 0 Å². The molecule has 0 saturated carbocycles. The summed E-state index contributed by atoms with van der Waals surface area (Å²) in [5, 5.41) is 0. The molecule has 1 rings (SSSR count). The molecule has 0 fully saturated rings. The molecule has 0 aliphatic heterocycles. The molecule has 0 amide bonds. The average Bonchev–Trinajstić information content (AvgIpc) is 2.37. The Kier molecular flexibility index (Phi) is 6.25. The summed E-state index contributed by atoms with van der Waals surface area (Å²) in [6, 6.07) is 6.25. The van der Waals surface area contributed by atoms with Crippen LogP contribution in [-0.4, -0.2) is 32.0 Å². The number of hydrogen-bond donors (Lipinski definition) is 2. The van der Waals surface area contributed by atoms with Gasteiger partial charge in [-0.05, 0) is 30.1 Å². The molecule has 3 N–H and O–H groups in total. The van der Waals surface area contributed by atoms with Crippen LogP contribution in [0.5, 0.6) is 0 Å². The van der Waals surface area contributed by atoms with Crippen molar-refractivity contribution in [2.75, 3.05) is 18.6 Å². The Bertz CT molecular complexity index is 526. The zero-order valence-corrected chi connectivity index (χ0v) is 13.4. The molecule has 0 aliphatic carbocycles. The first-order chi connectivity index (χ1) is 8.86. The smallest absolute Gasteiger partial charge is 0.240 e. The molecule has 1 aromatic carbocycles. The number of hydrogen-bond acceptors (Lipinski definition) is 4. The van der Waals surface area contributed by atoms with Crippen LogP contribution in [0.15, 0.2) is 29.2 Å². The first kappa shape index (κ1) is 16.4. The van der Waals surface area contributed by atoms with Crippen LogP contribution in [0, 0.1) is 5.92 Å². The largest absolute Gasteiger partial charge is 0.389 e. The maximum atomic E-state index is 12.0. The second-order valence-corrected chi connectivity index (χ2v) is 7.42. The highest BCUT2D eigenvalue weighted by Crippen LogP contribution is 2.11. The Hall–Kier alpha value is -0.630. The van der Waals surface area contributed by atoms with Gasteiger partial charge >= 0.3 is 0 Å². The Labute approximate surface area is 124 Å². The number of nitrogens with two attached hydrogens (primary N) is 1. The van der Waals surface area contributed by atoms with E-state index in [0.717, 1.165) is 5.75 Å². The molecule has 1 atom stereocenters. The van der Waals surface area contributed by atoms with Crippen LogP contribution in [-0.2, 0) is 10.0 Å². The maximum absolute atomic E-state index is 12.0. The number of sulfonamides is 1. The van der Waals surface area contributed by atoms with Gasteiger partial charge in [-0.3, -0.25) is 0 Å². The van der Waals surface area contributed by atoms with Gasteiger partial charge in [0.05, 0.1) is 4.90 Å². The Morgan fingerprint density at radius 3 is 2.47 bits per heavy atom. The normalized spacial score (nSPS) is 13.2. The molecular formula is C12H18N2O2S3. The predicted molar refractivity (Wildman–Crippen MR) is 85.1 cm³/mol. The van der Waals surface area contributed by atoms with Gasteiger partial charge in [0.1, 0.15) is 4.99 Å². The predicted octanol–water partition coefficient (Wildman–Crippen LogP) is 1.60. The summed E-state index contributed by atoms with van der Waals surface area (Å²) >= 11 is 6.52. The molecule has 0 spiro atoms. The average molecular weight is 318 g/mol. The van der Waals surface area contributed by atoms with Crippen molar-refractivity contribution in [2.24, 2.45) is 11.7 Å². The Morgan fingerprint density at radius 2 is 2.00 bits per heavy atom. The van der Waals surface area contributed by atoms with E-state index < -0.39 is 10.0 Å². The second-order valence-electron chi connectivity index (χ2n) is 4.30. The van der Waals surface area contributed by atoms with Crippen LogP contribution in [0.25, 0.3) is 0 Å². The molecule has 0 heterocycles. The van der Waals surface area contributed by atoms with Crippen molar-refractivity contribution < 1.29 is 8.42 Å². The van der Waals surface area contributed by atoms with Gasteiger partial charge in [-0.1, -0.05) is 31.3 Å². The van der Waals surface area contributed by atoms with Crippen LogP contribution < -0.4 is 10.5 Å². The minimum atomic E-state index is -3.46. The van der Waals surface area contributed by atoms with Crippen molar-refractivity contribution >= 4 is 39.0 Å². The fourth-order valence-electron chi connectivity index (χ4n) is 1.48. The van der Waals surface area contributed by atoms with Crippen molar-refractivity contribution in [1.82, 2.24) is 4.72 Å². The minimum absolute atomic E-state index is 0.226. The summed E-state index contributed by atoms with van der Waals surface area (Å²) in [6.07, 6.45) is 2.00. The van der Waals surface area contributed by atoms with Gasteiger partial charge in [0.15, 0.2) is 0 Å². The first-order valence-corrected chi connectivity index (χ1v) is 9.04. The number of benzene rings is 1. The van der Waals surface area contributed by atoms with Crippen molar-refractivity contribution in [3.8, 4) is 0 Å². The molecule has 0 radical (unpaired) electrons. The van der Waals surface area contributed by atoms with Crippen LogP contribution >= 0.6 is 24.0 Å². The molecule has 19 heavy (non-hydrogen) atoms. The quantitative estimate of drug-likeness (QED) is 0.747. The van der Waals surface area contributed by atoms with E-state index >= 15 is 0 Å². The van der Waals surface area contributed by atoms with Gasteiger partial charge in [0.2, 0.25) is 10.0 Å². The van der Waals surface area contributed by atoms with Crippen molar-refractivity contribution in [3.05, 3.63) is 29.8 Å². The fraction of sp³-hybridized carbons (Fsp3) is 0.417. The summed E-state index contributed by atoms with van der Waals surface area (Å²) in [7, 11) is -3.46. The minimum Gasteiger partial charge on any atom is -0.389 e. The molecule has 0 bridgehead atoms. The molecule has 0 saturated heterocycles. The van der Waals surface area contributed by atoms with Crippen molar-refractivity contribution in [3.63, 3.8) is 0 Å². The molecule has 1 unspecified atom stereocenters. The topological polar surface area (TPSA) is 72.2 Å². The van der Waals surface area contributed by atoms with Gasteiger partial charge < -0.3 is 5.73 Å². The molecule has 0 aromatic heterocycles. The van der Waals surface area contributed by atoms with Gasteiger partial charge in [-0.25, -0.2) is 13.1 Å². The molecule has 4 nitrogen and oxygen atoms in total. The molecule has 1 aromatic rings. The molecule has 7 heteroatoms. The third-order valence-electron chi connectivity index (χ3n) is 2.52. The highest BCUT2D eigenvalue weighted by molar-refractivity contribution is 7.98. The number of thioether (sulfide) groups is 1. The van der Waals surface area contributed by atoms with Crippen LogP contribution in [0.1, 0.15) is 12.5 Å².